The number of hydrogen-bond acceptors (Lipinski definition) is 4. The molecule has 1 N–H and O–H groups in total. The maximum absolute atomic E-state index is 13.5. The molecule has 0 amide bonds. The topological polar surface area (TPSA) is 55.2 Å². The zero-order chi connectivity index (χ0) is 17.1. The van der Waals surface area contributed by atoms with E-state index in [1.165, 1.54) is 18.5 Å². The molecule has 0 unspecified atom stereocenters. The van der Waals surface area contributed by atoms with Crippen LogP contribution in [0.4, 0.5) is 8.78 Å². The molecule has 122 valence electrons. The van der Waals surface area contributed by atoms with E-state index in [1.807, 2.05) is 0 Å². The third-order valence-corrected chi connectivity index (χ3v) is 2.58. The maximum Gasteiger partial charge on any atom is 0.162 e. The first-order chi connectivity index (χ1) is 11.1. The Bertz CT molecular complexity index is 626. The molecular weight excluding hydrogens is 302 g/mol. The van der Waals surface area contributed by atoms with Gasteiger partial charge in [0, 0.05) is 24.0 Å². The third kappa shape index (κ3) is 6.06. The Hall–Kier alpha value is -2.44. The van der Waals surface area contributed by atoms with Gasteiger partial charge in [-0.1, -0.05) is 12.2 Å². The highest BCUT2D eigenvalue weighted by Gasteiger charge is 2.12. The van der Waals surface area contributed by atoms with E-state index in [0.29, 0.717) is 13.2 Å². The van der Waals surface area contributed by atoms with Gasteiger partial charge in [-0.05, 0) is 12.1 Å². The Morgan fingerprint density at radius 1 is 1.04 bits per heavy atom. The van der Waals surface area contributed by atoms with Crippen LogP contribution in [0.3, 0.4) is 0 Å². The highest BCUT2D eigenvalue weighted by atomic mass is 19.1. The quantitative estimate of drug-likeness (QED) is 0.655. The number of ether oxygens (including phenoxy) is 1. The van der Waals surface area contributed by atoms with E-state index in [9.17, 15) is 8.78 Å². The Labute approximate surface area is 133 Å². The van der Waals surface area contributed by atoms with Crippen LogP contribution in [0.15, 0.2) is 55.9 Å². The first-order valence-electron chi connectivity index (χ1n) is 6.79. The minimum atomic E-state index is -0.778. The van der Waals surface area contributed by atoms with Crippen LogP contribution in [-0.4, -0.2) is 28.3 Å². The van der Waals surface area contributed by atoms with Gasteiger partial charge in [0.25, 0.3) is 0 Å². The van der Waals surface area contributed by atoms with E-state index in [0.717, 1.165) is 6.07 Å². The molecule has 1 aromatic heterocycles. The van der Waals surface area contributed by atoms with E-state index in [1.54, 1.807) is 18.2 Å². The van der Waals surface area contributed by atoms with Crippen LogP contribution in [0.2, 0.25) is 0 Å². The Morgan fingerprint density at radius 2 is 1.65 bits per heavy atom. The smallest absolute Gasteiger partial charge is 0.162 e. The number of aliphatic hydroxyl groups is 1. The summed E-state index contributed by atoms with van der Waals surface area (Å²) in [4.78, 5) is 7.72. The van der Waals surface area contributed by atoms with Crippen LogP contribution in [0.25, 0.3) is 11.4 Å². The molecule has 0 radical (unpaired) electrons. The molecule has 6 heteroatoms. The fourth-order valence-corrected chi connectivity index (χ4v) is 1.56. The highest BCUT2D eigenvalue weighted by molar-refractivity contribution is 5.56. The summed E-state index contributed by atoms with van der Waals surface area (Å²) >= 11 is 0. The van der Waals surface area contributed by atoms with Crippen LogP contribution < -0.4 is 0 Å². The molecule has 0 bridgehead atoms. The van der Waals surface area contributed by atoms with Crippen molar-refractivity contribution in [2.45, 2.75) is 6.61 Å². The molecule has 2 rings (SSSR count). The molecule has 0 atom stereocenters. The molecule has 4 nitrogen and oxygen atoms in total. The lowest BCUT2D eigenvalue weighted by Crippen LogP contribution is -1.97. The molecule has 2 aromatic rings. The number of halogens is 2. The normalized spacial score (nSPS) is 9.70. The first-order valence-corrected chi connectivity index (χ1v) is 6.79. The Balaban J connectivity index is 0.000000322. The second kappa shape index (κ2) is 10.3. The van der Waals surface area contributed by atoms with Gasteiger partial charge in [0.2, 0.25) is 0 Å². The van der Waals surface area contributed by atoms with Crippen molar-refractivity contribution in [2.24, 2.45) is 0 Å². The first kappa shape index (κ1) is 18.6. The predicted molar refractivity (Wildman–Crippen MR) is 84.5 cm³/mol. The van der Waals surface area contributed by atoms with Crippen LogP contribution in [-0.2, 0) is 11.3 Å². The van der Waals surface area contributed by atoms with E-state index in [4.69, 9.17) is 9.84 Å². The molecule has 1 aromatic carbocycles. The summed E-state index contributed by atoms with van der Waals surface area (Å²) < 4.78 is 31.5. The average Bonchev–Trinajstić information content (AvgIpc) is 2.57. The molecular formula is C17H18F2N2O2. The molecule has 0 spiro atoms. The van der Waals surface area contributed by atoms with Crippen molar-refractivity contribution in [1.29, 1.82) is 0 Å². The van der Waals surface area contributed by atoms with Crippen molar-refractivity contribution in [3.8, 4) is 11.4 Å². The summed E-state index contributed by atoms with van der Waals surface area (Å²) in [6.07, 6.45) is 6.35. The van der Waals surface area contributed by atoms with Crippen molar-refractivity contribution >= 4 is 0 Å². The molecule has 1 heterocycles. The highest BCUT2D eigenvalue weighted by Crippen LogP contribution is 2.22. The lowest BCUT2D eigenvalue weighted by Gasteiger charge is -2.05. The minimum Gasteiger partial charge on any atom is -0.392 e. The Morgan fingerprint density at radius 3 is 2.17 bits per heavy atom. The summed E-state index contributed by atoms with van der Waals surface area (Å²) in [5.41, 5.74) is 0.0925. The van der Waals surface area contributed by atoms with Crippen LogP contribution in [0, 0.1) is 11.6 Å². The average molecular weight is 320 g/mol. The van der Waals surface area contributed by atoms with Crippen molar-refractivity contribution in [3.05, 3.63) is 73.1 Å². The zero-order valence-corrected chi connectivity index (χ0v) is 12.6. The standard InChI is InChI=1S/C11H8F2N2O.C6H10O/c12-9-5-10(13)8(4-7(9)6-16)11-14-2-1-3-15-11;1-3-5-7-6-4-2/h1-5,16H,6H2;3-4H,1-2,5-6H2. The number of aliphatic hydroxyl groups excluding tert-OH is 1. The fourth-order valence-electron chi connectivity index (χ4n) is 1.56. The summed E-state index contributed by atoms with van der Waals surface area (Å²) in [6, 6.07) is 3.52. The fraction of sp³-hybridized carbons (Fsp3) is 0.176. The lowest BCUT2D eigenvalue weighted by molar-refractivity contribution is 0.194. The van der Waals surface area contributed by atoms with Gasteiger partial charge < -0.3 is 9.84 Å². The van der Waals surface area contributed by atoms with Crippen molar-refractivity contribution < 1.29 is 18.6 Å². The number of aromatic nitrogens is 2. The molecule has 0 saturated carbocycles. The van der Waals surface area contributed by atoms with Gasteiger partial charge in [0.15, 0.2) is 5.82 Å². The molecule has 0 aliphatic rings. The Kier molecular flexibility index (Phi) is 8.34. The van der Waals surface area contributed by atoms with Gasteiger partial charge in [-0.3, -0.25) is 0 Å². The van der Waals surface area contributed by atoms with Crippen LogP contribution in [0.1, 0.15) is 5.56 Å². The van der Waals surface area contributed by atoms with Gasteiger partial charge >= 0.3 is 0 Å². The number of nitrogens with zero attached hydrogens (tertiary/aromatic N) is 2. The predicted octanol–water partition coefficient (Wildman–Crippen LogP) is 3.29. The molecule has 0 saturated heterocycles. The van der Waals surface area contributed by atoms with Gasteiger partial charge in [-0.25, -0.2) is 18.7 Å². The largest absolute Gasteiger partial charge is 0.392 e. The SMILES string of the molecule is C=CCOCC=C.OCc1cc(-c2ncccn2)c(F)cc1F. The second-order valence-electron chi connectivity index (χ2n) is 4.27. The van der Waals surface area contributed by atoms with E-state index in [2.05, 4.69) is 23.1 Å². The molecule has 0 aliphatic heterocycles. The lowest BCUT2D eigenvalue weighted by atomic mass is 10.1. The molecule has 23 heavy (non-hydrogen) atoms. The van der Waals surface area contributed by atoms with E-state index < -0.39 is 18.2 Å². The summed E-state index contributed by atoms with van der Waals surface area (Å²) in [7, 11) is 0. The van der Waals surface area contributed by atoms with Crippen molar-refractivity contribution in [1.82, 2.24) is 9.97 Å². The number of rotatable bonds is 6. The maximum atomic E-state index is 13.5. The van der Waals surface area contributed by atoms with Crippen LogP contribution >= 0.6 is 0 Å². The molecule has 0 aliphatic carbocycles. The van der Waals surface area contributed by atoms with Crippen molar-refractivity contribution in [3.63, 3.8) is 0 Å². The summed E-state index contributed by atoms with van der Waals surface area (Å²) in [5.74, 6) is -1.37. The van der Waals surface area contributed by atoms with Gasteiger partial charge in [-0.2, -0.15) is 0 Å². The van der Waals surface area contributed by atoms with Crippen molar-refractivity contribution in [2.75, 3.05) is 13.2 Å². The minimum absolute atomic E-state index is 0.0175. The van der Waals surface area contributed by atoms with Gasteiger partial charge in [0.05, 0.1) is 25.4 Å². The zero-order valence-electron chi connectivity index (χ0n) is 12.6. The monoisotopic (exact) mass is 320 g/mol. The van der Waals surface area contributed by atoms with Gasteiger partial charge in [0.1, 0.15) is 11.6 Å². The summed E-state index contributed by atoms with van der Waals surface area (Å²) in [6.45, 7) is 7.69. The summed E-state index contributed by atoms with van der Waals surface area (Å²) in [5, 5.41) is 8.88. The molecule has 0 fully saturated rings. The number of benzene rings is 1. The number of hydrogen-bond donors (Lipinski definition) is 1. The van der Waals surface area contributed by atoms with E-state index >= 15 is 0 Å². The second-order valence-corrected chi connectivity index (χ2v) is 4.27. The van der Waals surface area contributed by atoms with E-state index in [-0.39, 0.29) is 17.0 Å². The third-order valence-electron chi connectivity index (χ3n) is 2.58. The van der Waals surface area contributed by atoms with Crippen LogP contribution in [0.5, 0.6) is 0 Å². The van der Waals surface area contributed by atoms with Gasteiger partial charge in [-0.15, -0.1) is 13.2 Å².